The molecule has 104 valence electrons. The predicted molar refractivity (Wildman–Crippen MR) is 75.3 cm³/mol. The molecule has 0 aliphatic carbocycles. The number of rotatable bonds is 4. The van der Waals surface area contributed by atoms with E-state index in [9.17, 15) is 9.90 Å². The van der Waals surface area contributed by atoms with Crippen LogP contribution < -0.4 is 5.32 Å². The first kappa shape index (κ1) is 14.0. The Bertz CT molecular complexity index is 434. The topological polar surface area (TPSA) is 52.6 Å². The van der Waals surface area contributed by atoms with E-state index >= 15 is 0 Å². The third kappa shape index (κ3) is 3.33. The van der Waals surface area contributed by atoms with Crippen LogP contribution in [0.15, 0.2) is 24.3 Å². The lowest BCUT2D eigenvalue weighted by Gasteiger charge is -2.40. The van der Waals surface area contributed by atoms with E-state index in [1.165, 1.54) is 0 Å². The Hall–Kier alpha value is -1.39. The summed E-state index contributed by atoms with van der Waals surface area (Å²) in [5.74, 6) is 0.456. The van der Waals surface area contributed by atoms with Gasteiger partial charge in [0.05, 0.1) is 5.54 Å². The first-order valence-corrected chi connectivity index (χ1v) is 6.77. The molecule has 4 heteroatoms. The molecule has 1 aromatic rings. The van der Waals surface area contributed by atoms with Crippen molar-refractivity contribution in [1.29, 1.82) is 0 Å². The molecule has 2 rings (SSSR count). The lowest BCUT2D eigenvalue weighted by molar-refractivity contribution is -0.129. The maximum Gasteiger partial charge on any atom is 0.156 e. The third-order valence-corrected chi connectivity index (χ3v) is 3.89. The highest BCUT2D eigenvalue weighted by molar-refractivity contribution is 5.89. The quantitative estimate of drug-likeness (QED) is 0.856. The second-order valence-corrected chi connectivity index (χ2v) is 5.56. The summed E-state index contributed by atoms with van der Waals surface area (Å²) in [6, 6.07) is 6.86. The molecule has 1 saturated heterocycles. The van der Waals surface area contributed by atoms with E-state index in [1.807, 2.05) is 13.8 Å². The minimum Gasteiger partial charge on any atom is -0.508 e. The van der Waals surface area contributed by atoms with Crippen molar-refractivity contribution in [3.63, 3.8) is 0 Å². The molecule has 1 heterocycles. The van der Waals surface area contributed by atoms with Crippen molar-refractivity contribution in [2.75, 3.05) is 26.2 Å². The highest BCUT2D eigenvalue weighted by atomic mass is 16.3. The zero-order valence-electron chi connectivity index (χ0n) is 11.6. The number of benzene rings is 1. The average molecular weight is 262 g/mol. The number of aromatic hydroxyl groups is 1. The summed E-state index contributed by atoms with van der Waals surface area (Å²) in [5, 5.41) is 12.6. The van der Waals surface area contributed by atoms with Crippen LogP contribution in [0.4, 0.5) is 0 Å². The molecular formula is C15H22N2O2. The van der Waals surface area contributed by atoms with E-state index in [-0.39, 0.29) is 11.5 Å². The minimum absolute atomic E-state index is 0.222. The Labute approximate surface area is 114 Å². The van der Waals surface area contributed by atoms with E-state index in [0.717, 1.165) is 31.7 Å². The van der Waals surface area contributed by atoms with Crippen molar-refractivity contribution < 1.29 is 9.90 Å². The zero-order chi connectivity index (χ0) is 13.9. The van der Waals surface area contributed by atoms with Gasteiger partial charge in [-0.3, -0.25) is 9.69 Å². The largest absolute Gasteiger partial charge is 0.508 e. The first-order valence-electron chi connectivity index (χ1n) is 6.77. The van der Waals surface area contributed by atoms with Crippen molar-refractivity contribution in [1.82, 2.24) is 10.2 Å². The molecule has 0 aromatic heterocycles. The molecule has 2 N–H and O–H groups in total. The molecule has 1 aliphatic rings. The number of nitrogens with zero attached hydrogens (tertiary/aromatic N) is 1. The van der Waals surface area contributed by atoms with Gasteiger partial charge in [-0.2, -0.15) is 0 Å². The van der Waals surface area contributed by atoms with Gasteiger partial charge in [0.1, 0.15) is 5.75 Å². The minimum atomic E-state index is -0.431. The maximum atomic E-state index is 12.5. The van der Waals surface area contributed by atoms with E-state index < -0.39 is 5.54 Å². The molecule has 0 spiro atoms. The molecule has 1 fully saturated rings. The van der Waals surface area contributed by atoms with Crippen LogP contribution in [0.5, 0.6) is 5.75 Å². The van der Waals surface area contributed by atoms with Gasteiger partial charge in [-0.05, 0) is 31.5 Å². The summed E-state index contributed by atoms with van der Waals surface area (Å²) < 4.78 is 0. The first-order chi connectivity index (χ1) is 9.00. The fourth-order valence-corrected chi connectivity index (χ4v) is 2.42. The number of ketones is 1. The van der Waals surface area contributed by atoms with Gasteiger partial charge in [0.25, 0.3) is 0 Å². The normalized spacial score (nSPS) is 17.4. The van der Waals surface area contributed by atoms with Gasteiger partial charge in [-0.1, -0.05) is 12.1 Å². The Morgan fingerprint density at radius 1 is 1.26 bits per heavy atom. The van der Waals surface area contributed by atoms with Crippen LogP contribution in [0.1, 0.15) is 19.4 Å². The van der Waals surface area contributed by atoms with Gasteiger partial charge >= 0.3 is 0 Å². The molecule has 1 aromatic carbocycles. The van der Waals surface area contributed by atoms with E-state index in [4.69, 9.17) is 0 Å². The average Bonchev–Trinajstić information content (AvgIpc) is 2.42. The summed E-state index contributed by atoms with van der Waals surface area (Å²) >= 11 is 0. The van der Waals surface area contributed by atoms with Crippen LogP contribution in [0, 0.1) is 0 Å². The summed E-state index contributed by atoms with van der Waals surface area (Å²) in [6.45, 7) is 7.70. The summed E-state index contributed by atoms with van der Waals surface area (Å²) in [7, 11) is 0. The molecule has 1 aliphatic heterocycles. The van der Waals surface area contributed by atoms with Crippen molar-refractivity contribution >= 4 is 5.78 Å². The zero-order valence-corrected chi connectivity index (χ0v) is 11.6. The maximum absolute atomic E-state index is 12.5. The van der Waals surface area contributed by atoms with Crippen molar-refractivity contribution in [2.24, 2.45) is 0 Å². The molecule has 0 bridgehead atoms. The van der Waals surface area contributed by atoms with Crippen LogP contribution in [0.25, 0.3) is 0 Å². The number of phenolic OH excluding ortho intramolecular Hbond substituents is 1. The van der Waals surface area contributed by atoms with Crippen LogP contribution in [0.2, 0.25) is 0 Å². The van der Waals surface area contributed by atoms with Crippen molar-refractivity contribution in [3.8, 4) is 5.75 Å². The molecular weight excluding hydrogens is 240 g/mol. The molecule has 0 saturated carbocycles. The second-order valence-electron chi connectivity index (χ2n) is 5.56. The molecule has 4 nitrogen and oxygen atoms in total. The van der Waals surface area contributed by atoms with E-state index in [1.54, 1.807) is 24.3 Å². The number of phenols is 1. The number of carbonyl (C=O) groups excluding carboxylic acids is 1. The highest BCUT2D eigenvalue weighted by Gasteiger charge is 2.34. The summed E-state index contributed by atoms with van der Waals surface area (Å²) in [4.78, 5) is 14.7. The Kier molecular flexibility index (Phi) is 4.22. The fourth-order valence-electron chi connectivity index (χ4n) is 2.42. The lowest BCUT2D eigenvalue weighted by Crippen LogP contribution is -2.57. The number of Topliss-reactive ketones (excluding diaryl/α,β-unsaturated/α-hetero) is 1. The fraction of sp³-hybridized carbons (Fsp3) is 0.533. The van der Waals surface area contributed by atoms with Gasteiger partial charge in [-0.25, -0.2) is 0 Å². The van der Waals surface area contributed by atoms with Gasteiger partial charge in [-0.15, -0.1) is 0 Å². The second kappa shape index (κ2) is 5.72. The monoisotopic (exact) mass is 262 g/mol. The Morgan fingerprint density at radius 3 is 2.42 bits per heavy atom. The van der Waals surface area contributed by atoms with Crippen LogP contribution >= 0.6 is 0 Å². The number of carbonyl (C=O) groups is 1. The van der Waals surface area contributed by atoms with Gasteiger partial charge in [0.15, 0.2) is 5.78 Å². The summed E-state index contributed by atoms with van der Waals surface area (Å²) in [5.41, 5.74) is 0.519. The Morgan fingerprint density at radius 2 is 1.84 bits per heavy atom. The number of hydrogen-bond acceptors (Lipinski definition) is 4. The predicted octanol–water partition coefficient (Wildman–Crippen LogP) is 1.19. The third-order valence-electron chi connectivity index (χ3n) is 3.89. The standard InChI is InChI=1S/C15H22N2O2/c1-15(2,17-9-7-16-8-10-17)14(19)11-12-3-5-13(18)6-4-12/h3-6,16,18H,7-11H2,1-2H3. The molecule has 0 amide bonds. The number of hydrogen-bond donors (Lipinski definition) is 2. The molecule has 0 radical (unpaired) electrons. The van der Waals surface area contributed by atoms with Crippen molar-refractivity contribution in [3.05, 3.63) is 29.8 Å². The Balaban J connectivity index is 2.03. The van der Waals surface area contributed by atoms with E-state index in [2.05, 4.69) is 10.2 Å². The molecule has 0 atom stereocenters. The molecule has 0 unspecified atom stereocenters. The van der Waals surface area contributed by atoms with Crippen molar-refractivity contribution in [2.45, 2.75) is 25.8 Å². The van der Waals surface area contributed by atoms with Gasteiger partial charge < -0.3 is 10.4 Å². The number of piperazine rings is 1. The molecule has 19 heavy (non-hydrogen) atoms. The van der Waals surface area contributed by atoms with Crippen LogP contribution in [0.3, 0.4) is 0 Å². The SMILES string of the molecule is CC(C)(C(=O)Cc1ccc(O)cc1)N1CCNCC1. The van der Waals surface area contributed by atoms with E-state index in [0.29, 0.717) is 6.42 Å². The van der Waals surface area contributed by atoms with Crippen LogP contribution in [-0.2, 0) is 11.2 Å². The lowest BCUT2D eigenvalue weighted by atomic mass is 9.91. The number of nitrogens with one attached hydrogen (secondary N) is 1. The van der Waals surface area contributed by atoms with Gasteiger partial charge in [0, 0.05) is 32.6 Å². The smallest absolute Gasteiger partial charge is 0.156 e. The highest BCUT2D eigenvalue weighted by Crippen LogP contribution is 2.19. The summed E-state index contributed by atoms with van der Waals surface area (Å²) in [6.07, 6.45) is 0.414. The van der Waals surface area contributed by atoms with Crippen LogP contribution in [-0.4, -0.2) is 47.5 Å². The van der Waals surface area contributed by atoms with Gasteiger partial charge in [0.2, 0.25) is 0 Å².